The lowest BCUT2D eigenvalue weighted by molar-refractivity contribution is -0.141. The molecule has 0 aromatic heterocycles. The second-order valence-corrected chi connectivity index (χ2v) is 4.74. The van der Waals surface area contributed by atoms with Crippen molar-refractivity contribution in [3.63, 3.8) is 0 Å². The fraction of sp³-hybridized carbons (Fsp3) is 0.444. The number of carboxylic acids is 1. The Labute approximate surface area is 89.5 Å². The van der Waals surface area contributed by atoms with Crippen LogP contribution in [0.5, 0.6) is 0 Å². The van der Waals surface area contributed by atoms with Crippen LogP contribution in [0.15, 0.2) is 25.3 Å². The van der Waals surface area contributed by atoms with Crippen LogP contribution in [0, 0.1) is 5.92 Å². The smallest absolute Gasteiger partial charge is 0.309 e. The van der Waals surface area contributed by atoms with Gasteiger partial charge in [-0.3, -0.25) is 4.79 Å². The molecule has 74 valence electrons. The van der Waals surface area contributed by atoms with Gasteiger partial charge in [-0.1, -0.05) is 12.2 Å². The van der Waals surface area contributed by atoms with E-state index in [2.05, 4.69) is 38.4 Å². The summed E-state index contributed by atoms with van der Waals surface area (Å²) in [5.41, 5.74) is 0. The zero-order valence-corrected chi connectivity index (χ0v) is 9.10. The van der Waals surface area contributed by atoms with Crippen molar-refractivity contribution in [2.45, 2.75) is 16.9 Å². The summed E-state index contributed by atoms with van der Waals surface area (Å²) in [5.74, 6) is -1.55. The molecule has 0 fully saturated rings. The maximum Gasteiger partial charge on any atom is 0.309 e. The molecule has 0 amide bonds. The van der Waals surface area contributed by atoms with Crippen molar-refractivity contribution in [2.75, 3.05) is 0 Å². The Kier molecular flexibility index (Phi) is 5.25. The zero-order chi connectivity index (χ0) is 10.5. The van der Waals surface area contributed by atoms with Crippen LogP contribution < -0.4 is 0 Å². The van der Waals surface area contributed by atoms with E-state index < -0.39 is 16.0 Å². The van der Waals surface area contributed by atoms with E-state index in [0.717, 1.165) is 0 Å². The van der Waals surface area contributed by atoms with Gasteiger partial charge >= 0.3 is 5.97 Å². The van der Waals surface area contributed by atoms with Crippen LogP contribution >= 0.6 is 25.3 Å². The first-order valence-corrected chi connectivity index (χ1v) is 4.74. The third-order valence-corrected chi connectivity index (χ3v) is 2.69. The van der Waals surface area contributed by atoms with Gasteiger partial charge in [-0.2, -0.15) is 25.3 Å². The van der Waals surface area contributed by atoms with E-state index in [4.69, 9.17) is 5.11 Å². The van der Waals surface area contributed by atoms with Crippen molar-refractivity contribution in [1.29, 1.82) is 0 Å². The van der Waals surface area contributed by atoms with Gasteiger partial charge in [-0.05, 0) is 12.8 Å². The van der Waals surface area contributed by atoms with E-state index in [9.17, 15) is 4.79 Å². The molecule has 4 heteroatoms. The van der Waals surface area contributed by atoms with Crippen molar-refractivity contribution in [2.24, 2.45) is 5.92 Å². The average molecular weight is 218 g/mol. The number of allylic oxidation sites excluding steroid dienone is 2. The minimum absolute atomic E-state index is 0.357. The molecule has 1 N–H and O–H groups in total. The van der Waals surface area contributed by atoms with Gasteiger partial charge in [-0.25, -0.2) is 0 Å². The summed E-state index contributed by atoms with van der Waals surface area (Å²) in [4.78, 5) is 10.8. The van der Waals surface area contributed by atoms with Crippen LogP contribution in [0.2, 0.25) is 0 Å². The number of thiol groups is 2. The largest absolute Gasteiger partial charge is 0.481 e. The predicted octanol–water partition coefficient (Wildman–Crippen LogP) is 2.40. The molecular formula is C9H14O2S2. The molecule has 0 aromatic carbocycles. The highest BCUT2D eigenvalue weighted by atomic mass is 32.2. The minimum Gasteiger partial charge on any atom is -0.481 e. The molecule has 2 nitrogen and oxygen atoms in total. The van der Waals surface area contributed by atoms with Crippen molar-refractivity contribution in [3.8, 4) is 0 Å². The summed E-state index contributed by atoms with van der Waals surface area (Å²) < 4.78 is -0.859. The standard InChI is InChI=1S/C9H14O2S2/c1-3-5-7(8(10)11)9(12,13)6-4-2/h3-4,7,12-13H,1-2,5-6H2,(H,10,11). The summed E-state index contributed by atoms with van der Waals surface area (Å²) >= 11 is 8.40. The first-order valence-electron chi connectivity index (χ1n) is 3.85. The molecule has 0 radical (unpaired) electrons. The normalized spacial score (nSPS) is 13.4. The number of carboxylic acid groups (broad SMARTS) is 1. The lowest BCUT2D eigenvalue weighted by Gasteiger charge is -2.27. The van der Waals surface area contributed by atoms with Gasteiger partial charge in [0.25, 0.3) is 0 Å². The lowest BCUT2D eigenvalue weighted by atomic mass is 9.98. The quantitative estimate of drug-likeness (QED) is 0.364. The maximum absolute atomic E-state index is 10.8. The van der Waals surface area contributed by atoms with Gasteiger partial charge in [-0.15, -0.1) is 13.2 Å². The molecule has 0 aliphatic heterocycles. The molecule has 0 aliphatic carbocycles. The van der Waals surface area contributed by atoms with Crippen molar-refractivity contribution >= 4 is 31.2 Å². The molecule has 0 aromatic rings. The van der Waals surface area contributed by atoms with E-state index in [1.54, 1.807) is 12.2 Å². The molecule has 0 rings (SSSR count). The van der Waals surface area contributed by atoms with Gasteiger partial charge in [0.2, 0.25) is 0 Å². The molecule has 0 spiro atoms. The average Bonchev–Trinajstić information content (AvgIpc) is 1.99. The van der Waals surface area contributed by atoms with Crippen LogP contribution in [0.25, 0.3) is 0 Å². The molecule has 1 atom stereocenters. The van der Waals surface area contributed by atoms with Gasteiger partial charge in [0.05, 0.1) is 10.00 Å². The molecule has 1 unspecified atom stereocenters. The monoisotopic (exact) mass is 218 g/mol. The Morgan fingerprint density at radius 2 is 2.00 bits per heavy atom. The number of hydrogen-bond donors (Lipinski definition) is 3. The zero-order valence-electron chi connectivity index (χ0n) is 7.31. The third kappa shape index (κ3) is 3.91. The first kappa shape index (κ1) is 12.7. The van der Waals surface area contributed by atoms with E-state index in [0.29, 0.717) is 12.8 Å². The molecule has 0 saturated carbocycles. The van der Waals surface area contributed by atoms with E-state index in [1.165, 1.54) is 0 Å². The molecule has 0 saturated heterocycles. The Morgan fingerprint density at radius 1 is 1.46 bits per heavy atom. The summed E-state index contributed by atoms with van der Waals surface area (Å²) in [6, 6.07) is 0. The summed E-state index contributed by atoms with van der Waals surface area (Å²) in [5, 5.41) is 8.89. The van der Waals surface area contributed by atoms with E-state index >= 15 is 0 Å². The summed E-state index contributed by atoms with van der Waals surface area (Å²) in [7, 11) is 0. The molecular weight excluding hydrogens is 204 g/mol. The lowest BCUT2D eigenvalue weighted by Crippen LogP contribution is -2.32. The number of aliphatic carboxylic acids is 1. The first-order chi connectivity index (χ1) is 5.95. The molecule has 0 bridgehead atoms. The van der Waals surface area contributed by atoms with Gasteiger partial charge in [0, 0.05) is 0 Å². The number of hydrogen-bond acceptors (Lipinski definition) is 3. The van der Waals surface area contributed by atoms with Crippen LogP contribution in [-0.2, 0) is 4.79 Å². The SMILES string of the molecule is C=CCC(C(=O)O)C(S)(S)CC=C. The van der Waals surface area contributed by atoms with Gasteiger partial charge in [0.15, 0.2) is 0 Å². The number of rotatable bonds is 6. The molecule has 0 aliphatic rings. The van der Waals surface area contributed by atoms with E-state index in [-0.39, 0.29) is 0 Å². The minimum atomic E-state index is -0.910. The second kappa shape index (κ2) is 5.40. The Balaban J connectivity index is 4.59. The summed E-state index contributed by atoms with van der Waals surface area (Å²) in [6.07, 6.45) is 3.96. The third-order valence-electron chi connectivity index (χ3n) is 1.70. The highest BCUT2D eigenvalue weighted by Gasteiger charge is 2.35. The molecule has 13 heavy (non-hydrogen) atoms. The highest BCUT2D eigenvalue weighted by Crippen LogP contribution is 2.35. The second-order valence-electron chi connectivity index (χ2n) is 2.79. The van der Waals surface area contributed by atoms with Crippen LogP contribution in [0.4, 0.5) is 0 Å². The van der Waals surface area contributed by atoms with E-state index in [1.807, 2.05) is 0 Å². The summed E-state index contributed by atoms with van der Waals surface area (Å²) in [6.45, 7) is 7.03. The van der Waals surface area contributed by atoms with Gasteiger partial charge in [0.1, 0.15) is 0 Å². The predicted molar refractivity (Wildman–Crippen MR) is 61.5 cm³/mol. The Bertz CT molecular complexity index is 212. The Hall–Kier alpha value is -0.350. The van der Waals surface area contributed by atoms with Crippen LogP contribution in [-0.4, -0.2) is 15.2 Å². The highest BCUT2D eigenvalue weighted by molar-refractivity contribution is 8.00. The fourth-order valence-electron chi connectivity index (χ4n) is 1.01. The van der Waals surface area contributed by atoms with Gasteiger partial charge < -0.3 is 5.11 Å². The fourth-order valence-corrected chi connectivity index (χ4v) is 1.70. The Morgan fingerprint density at radius 3 is 2.31 bits per heavy atom. The van der Waals surface area contributed by atoms with Crippen molar-refractivity contribution in [1.82, 2.24) is 0 Å². The van der Waals surface area contributed by atoms with Crippen molar-refractivity contribution in [3.05, 3.63) is 25.3 Å². The van der Waals surface area contributed by atoms with Crippen LogP contribution in [0.3, 0.4) is 0 Å². The van der Waals surface area contributed by atoms with Crippen LogP contribution in [0.1, 0.15) is 12.8 Å². The number of carbonyl (C=O) groups is 1. The topological polar surface area (TPSA) is 37.3 Å². The van der Waals surface area contributed by atoms with Crippen molar-refractivity contribution < 1.29 is 9.90 Å². The molecule has 0 heterocycles. The maximum atomic E-state index is 10.8.